The number of thioether (sulfide) groups is 1. The summed E-state index contributed by atoms with van der Waals surface area (Å²) in [6.07, 6.45) is 1.09. The van der Waals surface area contributed by atoms with Crippen LogP contribution in [0.2, 0.25) is 0 Å². The summed E-state index contributed by atoms with van der Waals surface area (Å²) < 4.78 is 5.53. The quantitative estimate of drug-likeness (QED) is 0.847. The van der Waals surface area contributed by atoms with Gasteiger partial charge < -0.3 is 15.0 Å². The zero-order chi connectivity index (χ0) is 13.8. The first-order valence-electron chi connectivity index (χ1n) is 7.38. The molecule has 4 unspecified atom stereocenters. The molecule has 2 aliphatic heterocycles. The number of nitrogens with one attached hydrogen (secondary N) is 1. The molecule has 19 heavy (non-hydrogen) atoms. The topological polar surface area (TPSA) is 41.6 Å². The second-order valence-corrected chi connectivity index (χ2v) is 7.04. The van der Waals surface area contributed by atoms with Crippen molar-refractivity contribution in [2.45, 2.75) is 44.5 Å². The second kappa shape index (κ2) is 6.95. The molecule has 5 heteroatoms. The van der Waals surface area contributed by atoms with Crippen LogP contribution in [0.1, 0.15) is 27.2 Å². The third-order valence-corrected chi connectivity index (χ3v) is 5.56. The highest BCUT2D eigenvalue weighted by Crippen LogP contribution is 2.27. The van der Waals surface area contributed by atoms with Crippen LogP contribution >= 0.6 is 11.8 Å². The van der Waals surface area contributed by atoms with Gasteiger partial charge in [0.2, 0.25) is 5.91 Å². The maximum Gasteiger partial charge on any atom is 0.229 e. The molecule has 1 N–H and O–H groups in total. The van der Waals surface area contributed by atoms with Crippen LogP contribution in [-0.4, -0.2) is 60.2 Å². The average Bonchev–Trinajstić information content (AvgIpc) is 2.87. The highest BCUT2D eigenvalue weighted by molar-refractivity contribution is 8.00. The maximum absolute atomic E-state index is 12.7. The molecule has 2 rings (SSSR count). The van der Waals surface area contributed by atoms with E-state index in [1.54, 1.807) is 0 Å². The first kappa shape index (κ1) is 15.1. The highest BCUT2D eigenvalue weighted by atomic mass is 32.2. The van der Waals surface area contributed by atoms with Crippen molar-refractivity contribution in [3.63, 3.8) is 0 Å². The summed E-state index contributed by atoms with van der Waals surface area (Å²) >= 11 is 1.96. The van der Waals surface area contributed by atoms with Crippen molar-refractivity contribution >= 4 is 17.7 Å². The fourth-order valence-corrected chi connectivity index (χ4v) is 3.89. The summed E-state index contributed by atoms with van der Waals surface area (Å²) in [4.78, 5) is 14.8. The van der Waals surface area contributed by atoms with Gasteiger partial charge in [0.25, 0.3) is 0 Å². The monoisotopic (exact) mass is 286 g/mol. The molecule has 0 bridgehead atoms. The van der Waals surface area contributed by atoms with Gasteiger partial charge in [-0.05, 0) is 19.9 Å². The van der Waals surface area contributed by atoms with Crippen LogP contribution in [0.5, 0.6) is 0 Å². The van der Waals surface area contributed by atoms with Gasteiger partial charge in [0.05, 0.1) is 19.1 Å². The minimum absolute atomic E-state index is 0.00398. The Kier molecular flexibility index (Phi) is 5.54. The van der Waals surface area contributed by atoms with Gasteiger partial charge in [-0.3, -0.25) is 4.79 Å². The number of rotatable bonds is 4. The number of amides is 1. The van der Waals surface area contributed by atoms with Crippen LogP contribution in [0.25, 0.3) is 0 Å². The number of carbonyl (C=O) groups is 1. The van der Waals surface area contributed by atoms with Gasteiger partial charge in [0, 0.05) is 29.6 Å². The lowest BCUT2D eigenvalue weighted by Gasteiger charge is -2.39. The van der Waals surface area contributed by atoms with Gasteiger partial charge >= 0.3 is 0 Å². The molecule has 2 fully saturated rings. The van der Waals surface area contributed by atoms with Crippen molar-refractivity contribution in [3.8, 4) is 0 Å². The van der Waals surface area contributed by atoms with E-state index in [1.807, 2.05) is 11.8 Å². The molecule has 4 nitrogen and oxygen atoms in total. The van der Waals surface area contributed by atoms with Crippen molar-refractivity contribution in [1.82, 2.24) is 10.2 Å². The third-order valence-electron chi connectivity index (χ3n) is 4.22. The minimum Gasteiger partial charge on any atom is -0.379 e. The van der Waals surface area contributed by atoms with Crippen LogP contribution in [0.4, 0.5) is 0 Å². The summed E-state index contributed by atoms with van der Waals surface area (Å²) in [7, 11) is 0. The lowest BCUT2D eigenvalue weighted by molar-refractivity contribution is -0.138. The third kappa shape index (κ3) is 3.44. The number of carbonyl (C=O) groups excluding carboxylic acids is 1. The van der Waals surface area contributed by atoms with E-state index < -0.39 is 0 Å². The Morgan fingerprint density at radius 1 is 1.42 bits per heavy atom. The van der Waals surface area contributed by atoms with Crippen molar-refractivity contribution in [2.75, 3.05) is 32.1 Å². The van der Waals surface area contributed by atoms with E-state index in [0.29, 0.717) is 24.5 Å². The SMILES string of the molecule is CCCNC1COCC1C(=O)N1CCSC(C)C1C. The van der Waals surface area contributed by atoms with Crippen LogP contribution in [-0.2, 0) is 9.53 Å². The van der Waals surface area contributed by atoms with Gasteiger partial charge in [-0.15, -0.1) is 0 Å². The van der Waals surface area contributed by atoms with Crippen LogP contribution in [0.3, 0.4) is 0 Å². The fourth-order valence-electron chi connectivity index (χ4n) is 2.79. The normalized spacial score (nSPS) is 35.6. The van der Waals surface area contributed by atoms with Crippen LogP contribution in [0, 0.1) is 5.92 Å². The Labute approximate surface area is 120 Å². The smallest absolute Gasteiger partial charge is 0.229 e. The zero-order valence-corrected chi connectivity index (χ0v) is 13.0. The molecule has 110 valence electrons. The highest BCUT2D eigenvalue weighted by Gasteiger charge is 2.39. The lowest BCUT2D eigenvalue weighted by atomic mass is 10.0. The Balaban J connectivity index is 1.97. The Hall–Kier alpha value is -0.260. The average molecular weight is 286 g/mol. The van der Waals surface area contributed by atoms with Crippen molar-refractivity contribution in [1.29, 1.82) is 0 Å². The minimum atomic E-state index is 0.00398. The first-order chi connectivity index (χ1) is 9.15. The summed E-state index contributed by atoms with van der Waals surface area (Å²) in [6.45, 7) is 9.61. The Bertz CT molecular complexity index is 314. The van der Waals surface area contributed by atoms with Gasteiger partial charge in [-0.25, -0.2) is 0 Å². The van der Waals surface area contributed by atoms with Gasteiger partial charge in [0.15, 0.2) is 0 Å². The molecular formula is C14H26N2O2S. The van der Waals surface area contributed by atoms with Gasteiger partial charge in [-0.2, -0.15) is 11.8 Å². The molecule has 0 aliphatic carbocycles. The summed E-state index contributed by atoms with van der Waals surface area (Å²) in [5.74, 6) is 1.34. The molecule has 0 aromatic rings. The maximum atomic E-state index is 12.7. The molecule has 1 amide bonds. The first-order valence-corrected chi connectivity index (χ1v) is 8.43. The Morgan fingerprint density at radius 3 is 2.95 bits per heavy atom. The Morgan fingerprint density at radius 2 is 2.21 bits per heavy atom. The zero-order valence-electron chi connectivity index (χ0n) is 12.2. The van der Waals surface area contributed by atoms with E-state index in [-0.39, 0.29) is 17.9 Å². The molecule has 0 aromatic carbocycles. The molecule has 0 aromatic heterocycles. The molecule has 0 spiro atoms. The molecule has 0 saturated carbocycles. The van der Waals surface area contributed by atoms with Crippen LogP contribution < -0.4 is 5.32 Å². The van der Waals surface area contributed by atoms with Crippen molar-refractivity contribution in [3.05, 3.63) is 0 Å². The van der Waals surface area contributed by atoms with E-state index in [0.717, 1.165) is 25.3 Å². The molecule has 2 aliphatic rings. The molecule has 0 radical (unpaired) electrons. The largest absolute Gasteiger partial charge is 0.379 e. The lowest BCUT2D eigenvalue weighted by Crippen LogP contribution is -2.53. The fraction of sp³-hybridized carbons (Fsp3) is 0.929. The van der Waals surface area contributed by atoms with Crippen molar-refractivity contribution in [2.24, 2.45) is 5.92 Å². The van der Waals surface area contributed by atoms with E-state index in [9.17, 15) is 4.79 Å². The number of hydrogen-bond acceptors (Lipinski definition) is 4. The van der Waals surface area contributed by atoms with Crippen molar-refractivity contribution < 1.29 is 9.53 Å². The molecule has 2 heterocycles. The predicted octanol–water partition coefficient (Wildman–Crippen LogP) is 1.35. The van der Waals surface area contributed by atoms with E-state index in [2.05, 4.69) is 31.0 Å². The molecule has 2 saturated heterocycles. The second-order valence-electron chi connectivity index (χ2n) is 5.55. The predicted molar refractivity (Wildman–Crippen MR) is 79.5 cm³/mol. The summed E-state index contributed by atoms with van der Waals surface area (Å²) in [5, 5.41) is 3.98. The van der Waals surface area contributed by atoms with Gasteiger partial charge in [0.1, 0.15) is 0 Å². The number of hydrogen-bond donors (Lipinski definition) is 1. The standard InChI is InChI=1S/C14H26N2O2S/c1-4-5-15-13-9-18-8-12(13)14(17)16-6-7-19-11(3)10(16)2/h10-13,15H,4-9H2,1-3H3. The summed E-state index contributed by atoms with van der Waals surface area (Å²) in [5.41, 5.74) is 0. The van der Waals surface area contributed by atoms with Crippen LogP contribution in [0.15, 0.2) is 0 Å². The van der Waals surface area contributed by atoms with E-state index >= 15 is 0 Å². The summed E-state index contributed by atoms with van der Waals surface area (Å²) in [6, 6.07) is 0.531. The molecular weight excluding hydrogens is 260 g/mol. The number of nitrogens with zero attached hydrogens (tertiary/aromatic N) is 1. The van der Waals surface area contributed by atoms with E-state index in [1.165, 1.54) is 0 Å². The number of ether oxygens (including phenoxy) is 1. The molecule has 4 atom stereocenters. The van der Waals surface area contributed by atoms with E-state index in [4.69, 9.17) is 4.74 Å². The van der Waals surface area contributed by atoms with Gasteiger partial charge in [-0.1, -0.05) is 13.8 Å².